The third-order valence-electron chi connectivity index (χ3n) is 5.51. The van der Waals surface area contributed by atoms with Crippen molar-refractivity contribution < 1.29 is 4.79 Å². The molecule has 4 rings (SSSR count). The molecule has 1 heterocycles. The number of pyridine rings is 1. The SMILES string of the molecule is CN(C)CCCNC(=O)c1ccc(-c2cc(-c3ccccc3)nc(-c3ccccc3)c2)cc1.Cl.Cl. The summed E-state index contributed by atoms with van der Waals surface area (Å²) in [7, 11) is 4.07. The van der Waals surface area contributed by atoms with Crippen LogP contribution in [0, 0.1) is 0 Å². The van der Waals surface area contributed by atoms with Crippen LogP contribution >= 0.6 is 24.8 Å². The molecule has 0 unspecified atom stereocenters. The Morgan fingerprint density at radius 2 is 1.23 bits per heavy atom. The van der Waals surface area contributed by atoms with Crippen molar-refractivity contribution in [2.24, 2.45) is 0 Å². The first-order chi connectivity index (χ1) is 16.1. The highest BCUT2D eigenvalue weighted by atomic mass is 35.5. The Morgan fingerprint density at radius 3 is 1.71 bits per heavy atom. The van der Waals surface area contributed by atoms with E-state index < -0.39 is 0 Å². The van der Waals surface area contributed by atoms with Crippen molar-refractivity contribution in [2.75, 3.05) is 27.2 Å². The van der Waals surface area contributed by atoms with Gasteiger partial charge >= 0.3 is 0 Å². The Bertz CT molecular complexity index is 1140. The first-order valence-electron chi connectivity index (χ1n) is 11.3. The van der Waals surface area contributed by atoms with Crippen LogP contribution in [0.15, 0.2) is 97.1 Å². The lowest BCUT2D eigenvalue weighted by atomic mass is 9.99. The highest BCUT2D eigenvalue weighted by Crippen LogP contribution is 2.30. The van der Waals surface area contributed by atoms with E-state index in [1.807, 2.05) is 74.8 Å². The van der Waals surface area contributed by atoms with E-state index in [1.54, 1.807) is 0 Å². The molecule has 4 nitrogen and oxygen atoms in total. The zero-order valence-electron chi connectivity index (χ0n) is 20.0. The summed E-state index contributed by atoms with van der Waals surface area (Å²) in [5.74, 6) is -0.0371. The Hall–Kier alpha value is -3.18. The van der Waals surface area contributed by atoms with E-state index in [1.165, 1.54) is 0 Å². The molecule has 0 fully saturated rings. The summed E-state index contributed by atoms with van der Waals surface area (Å²) in [6, 6.07) is 32.4. The van der Waals surface area contributed by atoms with Gasteiger partial charge in [0.15, 0.2) is 0 Å². The van der Waals surface area contributed by atoms with Crippen molar-refractivity contribution in [3.63, 3.8) is 0 Å². The van der Waals surface area contributed by atoms with Gasteiger partial charge in [-0.2, -0.15) is 0 Å². The number of rotatable bonds is 8. The number of halogens is 2. The summed E-state index contributed by atoms with van der Waals surface area (Å²) in [4.78, 5) is 19.5. The van der Waals surface area contributed by atoms with Gasteiger partial charge < -0.3 is 10.2 Å². The van der Waals surface area contributed by atoms with Crippen LogP contribution in [0.5, 0.6) is 0 Å². The molecule has 0 atom stereocenters. The maximum Gasteiger partial charge on any atom is 0.251 e. The van der Waals surface area contributed by atoms with Crippen LogP contribution in [-0.2, 0) is 0 Å². The van der Waals surface area contributed by atoms with Crippen molar-refractivity contribution in [1.82, 2.24) is 15.2 Å². The predicted molar refractivity (Wildman–Crippen MR) is 151 cm³/mol. The van der Waals surface area contributed by atoms with Crippen molar-refractivity contribution in [3.8, 4) is 33.6 Å². The van der Waals surface area contributed by atoms with Gasteiger partial charge in [-0.25, -0.2) is 4.98 Å². The minimum absolute atomic E-state index is 0. The summed E-state index contributed by atoms with van der Waals surface area (Å²) in [6.07, 6.45) is 0.929. The summed E-state index contributed by atoms with van der Waals surface area (Å²) < 4.78 is 0. The number of nitrogens with zero attached hydrogens (tertiary/aromatic N) is 2. The zero-order valence-corrected chi connectivity index (χ0v) is 21.6. The van der Waals surface area contributed by atoms with Gasteiger partial charge in [-0.3, -0.25) is 4.79 Å². The molecule has 0 aliphatic rings. The number of aromatic nitrogens is 1. The Labute approximate surface area is 220 Å². The van der Waals surface area contributed by atoms with Gasteiger partial charge in [0.1, 0.15) is 0 Å². The lowest BCUT2D eigenvalue weighted by Crippen LogP contribution is -2.27. The van der Waals surface area contributed by atoms with Crippen LogP contribution in [0.3, 0.4) is 0 Å². The maximum absolute atomic E-state index is 12.5. The van der Waals surface area contributed by atoms with Crippen LogP contribution in [0.2, 0.25) is 0 Å². The number of hydrogen-bond acceptors (Lipinski definition) is 3. The molecule has 182 valence electrons. The molecule has 0 aliphatic heterocycles. The van der Waals surface area contributed by atoms with Crippen molar-refractivity contribution in [3.05, 3.63) is 103 Å². The second-order valence-electron chi connectivity index (χ2n) is 8.35. The average Bonchev–Trinajstić information content (AvgIpc) is 2.87. The Balaban J connectivity index is 0.00000216. The lowest BCUT2D eigenvalue weighted by molar-refractivity contribution is 0.0952. The van der Waals surface area contributed by atoms with Crippen LogP contribution in [0.1, 0.15) is 16.8 Å². The predicted octanol–water partition coefficient (Wildman–Crippen LogP) is 6.61. The number of carbonyl (C=O) groups excluding carboxylic acids is 1. The second kappa shape index (κ2) is 13.6. The molecule has 4 aromatic rings. The van der Waals surface area contributed by atoms with Gasteiger partial charge in [-0.05, 0) is 62.5 Å². The fraction of sp³-hybridized carbons (Fsp3) is 0.172. The molecule has 0 bridgehead atoms. The number of carbonyl (C=O) groups is 1. The fourth-order valence-corrected chi connectivity index (χ4v) is 3.72. The van der Waals surface area contributed by atoms with E-state index in [0.29, 0.717) is 12.1 Å². The molecular weight excluding hydrogens is 477 g/mol. The van der Waals surface area contributed by atoms with E-state index in [0.717, 1.165) is 46.6 Å². The van der Waals surface area contributed by atoms with Crippen molar-refractivity contribution in [1.29, 1.82) is 0 Å². The first-order valence-corrected chi connectivity index (χ1v) is 11.3. The van der Waals surface area contributed by atoms with E-state index >= 15 is 0 Å². The molecule has 1 N–H and O–H groups in total. The van der Waals surface area contributed by atoms with E-state index in [4.69, 9.17) is 4.98 Å². The lowest BCUT2D eigenvalue weighted by Gasteiger charge is -2.11. The van der Waals surface area contributed by atoms with E-state index in [2.05, 4.69) is 46.6 Å². The number of benzene rings is 3. The summed E-state index contributed by atoms with van der Waals surface area (Å²) in [5, 5.41) is 3.00. The zero-order chi connectivity index (χ0) is 23.0. The molecule has 0 saturated carbocycles. The van der Waals surface area contributed by atoms with Crippen LogP contribution in [0.4, 0.5) is 0 Å². The van der Waals surface area contributed by atoms with Crippen LogP contribution in [0.25, 0.3) is 33.6 Å². The highest BCUT2D eigenvalue weighted by Gasteiger charge is 2.10. The topological polar surface area (TPSA) is 45.2 Å². The normalized spacial score (nSPS) is 10.3. The van der Waals surface area contributed by atoms with Gasteiger partial charge in [0.25, 0.3) is 5.91 Å². The number of amides is 1. The summed E-state index contributed by atoms with van der Waals surface area (Å²) >= 11 is 0. The van der Waals surface area contributed by atoms with E-state index in [9.17, 15) is 4.79 Å². The molecule has 0 radical (unpaired) electrons. The maximum atomic E-state index is 12.5. The average molecular weight is 508 g/mol. The van der Waals surface area contributed by atoms with Gasteiger partial charge in [0.05, 0.1) is 11.4 Å². The van der Waals surface area contributed by atoms with Crippen LogP contribution in [-0.4, -0.2) is 43.0 Å². The van der Waals surface area contributed by atoms with Gasteiger partial charge in [-0.1, -0.05) is 72.8 Å². The molecule has 1 amide bonds. The molecule has 0 spiro atoms. The quantitative estimate of drug-likeness (QED) is 0.273. The Kier molecular flexibility index (Phi) is 10.9. The third kappa shape index (κ3) is 7.66. The molecule has 1 aromatic heterocycles. The fourth-order valence-electron chi connectivity index (χ4n) is 3.72. The third-order valence-corrected chi connectivity index (χ3v) is 5.51. The molecule has 0 aliphatic carbocycles. The number of hydrogen-bond donors (Lipinski definition) is 1. The molecule has 6 heteroatoms. The van der Waals surface area contributed by atoms with Crippen molar-refractivity contribution >= 4 is 30.7 Å². The second-order valence-corrected chi connectivity index (χ2v) is 8.35. The summed E-state index contributed by atoms with van der Waals surface area (Å²) in [6.45, 7) is 1.62. The number of nitrogens with one attached hydrogen (secondary N) is 1. The minimum Gasteiger partial charge on any atom is -0.352 e. The van der Waals surface area contributed by atoms with Gasteiger partial charge in [-0.15, -0.1) is 24.8 Å². The Morgan fingerprint density at radius 1 is 0.714 bits per heavy atom. The van der Waals surface area contributed by atoms with Gasteiger partial charge in [0.2, 0.25) is 0 Å². The van der Waals surface area contributed by atoms with Crippen LogP contribution < -0.4 is 5.32 Å². The molecule has 35 heavy (non-hydrogen) atoms. The minimum atomic E-state index is -0.0371. The van der Waals surface area contributed by atoms with Crippen molar-refractivity contribution in [2.45, 2.75) is 6.42 Å². The van der Waals surface area contributed by atoms with E-state index in [-0.39, 0.29) is 30.7 Å². The first kappa shape index (κ1) is 28.1. The largest absolute Gasteiger partial charge is 0.352 e. The summed E-state index contributed by atoms with van der Waals surface area (Å²) in [5.41, 5.74) is 6.79. The molecule has 3 aromatic carbocycles. The molecule has 0 saturated heterocycles. The monoisotopic (exact) mass is 507 g/mol. The van der Waals surface area contributed by atoms with Gasteiger partial charge in [0, 0.05) is 23.2 Å². The smallest absolute Gasteiger partial charge is 0.251 e. The molecular formula is C29H31Cl2N3O. The highest BCUT2D eigenvalue weighted by molar-refractivity contribution is 5.94. The standard InChI is InChI=1S/C29H29N3O.2ClH/c1-32(2)19-9-18-30-29(33)25-16-14-22(15-17-25)26-20-27(23-10-5-3-6-11-23)31-28(21-26)24-12-7-4-8-13-24;;/h3-8,10-17,20-21H,9,18-19H2,1-2H3,(H,30,33);2*1H.